The lowest BCUT2D eigenvalue weighted by Gasteiger charge is -2.27. The van der Waals surface area contributed by atoms with E-state index < -0.39 is 5.82 Å². The van der Waals surface area contributed by atoms with Crippen LogP contribution in [0.3, 0.4) is 0 Å². The number of nitrogens with one attached hydrogen (secondary N) is 2. The molecule has 1 saturated heterocycles. The second-order valence-electron chi connectivity index (χ2n) is 17.0. The largest absolute Gasteiger partial charge is 0.481 e. The average Bonchev–Trinajstić information content (AvgIpc) is 4.10. The van der Waals surface area contributed by atoms with Crippen LogP contribution in [-0.4, -0.2) is 95.8 Å². The number of ether oxygens (including phenoxy) is 3. The van der Waals surface area contributed by atoms with Crippen molar-refractivity contribution in [3.63, 3.8) is 0 Å². The van der Waals surface area contributed by atoms with E-state index in [1.807, 2.05) is 19.9 Å². The molecule has 1 aliphatic rings. The number of aryl methyl sites for hydroxylation is 6. The van der Waals surface area contributed by atoms with Crippen LogP contribution >= 0.6 is 11.3 Å². The van der Waals surface area contributed by atoms with Crippen molar-refractivity contribution < 1.29 is 27.9 Å². The first-order chi connectivity index (χ1) is 32.2. The minimum absolute atomic E-state index is 0.0365. The van der Waals surface area contributed by atoms with Crippen molar-refractivity contribution in [1.29, 1.82) is 0 Å². The molecule has 66 heavy (non-hydrogen) atoms. The van der Waals surface area contributed by atoms with Crippen LogP contribution in [0.25, 0.3) is 54.4 Å². The van der Waals surface area contributed by atoms with Gasteiger partial charge in [-0.1, -0.05) is 35.5 Å². The molecule has 0 bridgehead atoms. The third-order valence-corrected chi connectivity index (χ3v) is 13.6. The molecule has 8 aromatic rings. The van der Waals surface area contributed by atoms with Crippen molar-refractivity contribution in [2.24, 2.45) is 0 Å². The molecule has 1 fully saturated rings. The maximum Gasteiger partial charge on any atom is 0.258 e. The summed E-state index contributed by atoms with van der Waals surface area (Å²) in [6.07, 6.45) is 1.21. The monoisotopic (exact) mass is 911 g/mol. The molecule has 344 valence electrons. The van der Waals surface area contributed by atoms with Crippen LogP contribution in [0, 0.1) is 26.6 Å². The summed E-state index contributed by atoms with van der Waals surface area (Å²) < 4.78 is 42.3. The van der Waals surface area contributed by atoms with Gasteiger partial charge in [-0.3, -0.25) is 9.69 Å². The molecule has 4 aromatic carbocycles. The molecule has 0 radical (unpaired) electrons. The third kappa shape index (κ3) is 10.2. The van der Waals surface area contributed by atoms with Crippen molar-refractivity contribution in [3.8, 4) is 27.3 Å². The van der Waals surface area contributed by atoms with E-state index in [1.165, 1.54) is 49.4 Å². The number of aromatic nitrogens is 4. The Hall–Kier alpha value is -5.90. The van der Waals surface area contributed by atoms with Crippen LogP contribution in [0.5, 0.6) is 5.75 Å². The summed E-state index contributed by atoms with van der Waals surface area (Å²) >= 11 is 1.79. The second-order valence-corrected chi connectivity index (χ2v) is 18.0. The molecule has 5 heterocycles. The lowest BCUT2D eigenvalue weighted by molar-refractivity contribution is -0.123. The minimum Gasteiger partial charge on any atom is -0.481 e. The zero-order chi connectivity index (χ0) is 45.6. The molecule has 1 aliphatic heterocycles. The van der Waals surface area contributed by atoms with Gasteiger partial charge in [0.1, 0.15) is 11.6 Å². The van der Waals surface area contributed by atoms with Crippen LogP contribution in [0.15, 0.2) is 88.8 Å². The fraction of sp³-hybridized carbons (Fsp3) is 0.365. The molecule has 1 amide bonds. The van der Waals surface area contributed by atoms with Crippen molar-refractivity contribution in [2.45, 2.75) is 60.2 Å². The smallest absolute Gasteiger partial charge is 0.258 e. The maximum absolute atomic E-state index is 15.3. The van der Waals surface area contributed by atoms with Crippen LogP contribution < -0.4 is 15.4 Å². The number of carbonyl (C=O) groups excluding carboxylic acids is 1. The summed E-state index contributed by atoms with van der Waals surface area (Å²) in [6, 6.07) is 27.0. The van der Waals surface area contributed by atoms with Gasteiger partial charge < -0.3 is 38.5 Å². The second kappa shape index (κ2) is 20.7. The normalized spacial score (nSPS) is 13.4. The zero-order valence-corrected chi connectivity index (χ0v) is 39.1. The molecule has 12 nitrogen and oxygen atoms in total. The van der Waals surface area contributed by atoms with Gasteiger partial charge in [-0.05, 0) is 116 Å². The Labute approximate surface area is 388 Å². The SMILES string of the molecule is CCn1c2ccc(CNCCOCCNC(=O)COc3ccc(CCc4nc5cc(-c6c(C)noc6C)ccc5n4CCN4CCOCC4)cc3F)cc2c2ccc(-c3cc(C)cs3)cc21. The predicted molar refractivity (Wildman–Crippen MR) is 260 cm³/mol. The Bertz CT molecular complexity index is 2940. The Morgan fingerprint density at radius 2 is 1.65 bits per heavy atom. The molecular formula is C52H58FN7O5S. The highest BCUT2D eigenvalue weighted by Gasteiger charge is 2.19. The Morgan fingerprint density at radius 3 is 2.44 bits per heavy atom. The third-order valence-electron chi connectivity index (χ3n) is 12.5. The highest BCUT2D eigenvalue weighted by Crippen LogP contribution is 2.35. The highest BCUT2D eigenvalue weighted by molar-refractivity contribution is 7.13. The first kappa shape index (κ1) is 45.3. The number of benzene rings is 4. The maximum atomic E-state index is 15.3. The number of morpholine rings is 1. The average molecular weight is 912 g/mol. The van der Waals surface area contributed by atoms with Gasteiger partial charge in [0.25, 0.3) is 5.91 Å². The Balaban J connectivity index is 0.712. The zero-order valence-electron chi connectivity index (χ0n) is 38.3. The highest BCUT2D eigenvalue weighted by atomic mass is 32.1. The van der Waals surface area contributed by atoms with Gasteiger partial charge in [0.05, 0.1) is 43.2 Å². The number of imidazole rings is 1. The van der Waals surface area contributed by atoms with Gasteiger partial charge >= 0.3 is 0 Å². The number of rotatable bonds is 20. The fourth-order valence-corrected chi connectivity index (χ4v) is 9.98. The van der Waals surface area contributed by atoms with E-state index in [2.05, 4.69) is 110 Å². The van der Waals surface area contributed by atoms with E-state index in [-0.39, 0.29) is 18.3 Å². The number of amides is 1. The van der Waals surface area contributed by atoms with E-state index in [0.717, 1.165) is 97.5 Å². The summed E-state index contributed by atoms with van der Waals surface area (Å²) in [7, 11) is 0. The van der Waals surface area contributed by atoms with Gasteiger partial charge in [0.15, 0.2) is 18.2 Å². The lowest BCUT2D eigenvalue weighted by atomic mass is 10.0. The standard InChI is InChI=1S/C52H58FN7O5S/c1-5-59-45-12-6-38(27-42(45)41-11-9-39(30-47(41)59)49-26-34(2)33-66-49)31-54-16-22-62-23-17-55-51(61)32-64-48-14-7-37(28-43(48)53)8-15-50-56-44-29-40(52-35(3)57-65-36(52)4)10-13-46(44)60(50)19-18-58-20-24-63-25-21-58/h6-7,9-14,26-30,33,54H,5,8,15-25,31-32H2,1-4H3,(H,55,61). The van der Waals surface area contributed by atoms with Crippen LogP contribution in [-0.2, 0) is 46.7 Å². The van der Waals surface area contributed by atoms with Crippen molar-refractivity contribution in [1.82, 2.24) is 34.8 Å². The van der Waals surface area contributed by atoms with E-state index in [1.54, 1.807) is 17.4 Å². The summed E-state index contributed by atoms with van der Waals surface area (Å²) in [6.45, 7) is 16.4. The molecule has 0 spiro atoms. The van der Waals surface area contributed by atoms with E-state index in [9.17, 15) is 4.79 Å². The lowest BCUT2D eigenvalue weighted by Crippen LogP contribution is -2.38. The number of thiophene rings is 1. The van der Waals surface area contributed by atoms with Crippen LogP contribution in [0.1, 0.15) is 40.9 Å². The first-order valence-corrected chi connectivity index (χ1v) is 23.9. The molecule has 2 N–H and O–H groups in total. The molecular weight excluding hydrogens is 854 g/mol. The summed E-state index contributed by atoms with van der Waals surface area (Å²) in [5, 5.41) is 15.2. The van der Waals surface area contributed by atoms with E-state index in [0.29, 0.717) is 39.1 Å². The molecule has 0 aliphatic carbocycles. The summed E-state index contributed by atoms with van der Waals surface area (Å²) in [4.78, 5) is 21.4. The molecule has 14 heteroatoms. The molecule has 0 saturated carbocycles. The number of nitrogens with zero attached hydrogens (tertiary/aromatic N) is 5. The Kier molecular flexibility index (Phi) is 14.2. The van der Waals surface area contributed by atoms with Gasteiger partial charge in [0.2, 0.25) is 0 Å². The molecule has 9 rings (SSSR count). The number of halogens is 1. The summed E-state index contributed by atoms with van der Waals surface area (Å²) in [5.41, 5.74) is 11.9. The number of hydrogen-bond acceptors (Lipinski definition) is 10. The van der Waals surface area contributed by atoms with Crippen molar-refractivity contribution in [3.05, 3.63) is 124 Å². The van der Waals surface area contributed by atoms with E-state index in [4.69, 9.17) is 23.7 Å². The topological polar surface area (TPSA) is 121 Å². The summed E-state index contributed by atoms with van der Waals surface area (Å²) in [5.74, 6) is 0.903. The quantitative estimate of drug-likeness (QED) is 0.0722. The minimum atomic E-state index is -0.507. The van der Waals surface area contributed by atoms with Gasteiger partial charge in [-0.25, -0.2) is 9.37 Å². The fourth-order valence-electron chi connectivity index (χ4n) is 9.08. The predicted octanol–water partition coefficient (Wildman–Crippen LogP) is 9.03. The van der Waals surface area contributed by atoms with Gasteiger partial charge in [0, 0.05) is 91.0 Å². The Morgan fingerprint density at radius 1 is 0.833 bits per heavy atom. The molecule has 4 aromatic heterocycles. The van der Waals surface area contributed by atoms with Gasteiger partial charge in [-0.15, -0.1) is 11.3 Å². The number of hydrogen-bond donors (Lipinski definition) is 2. The van der Waals surface area contributed by atoms with Crippen LogP contribution in [0.2, 0.25) is 0 Å². The number of carbonyl (C=O) groups is 1. The van der Waals surface area contributed by atoms with Crippen LogP contribution in [0.4, 0.5) is 4.39 Å². The molecule has 0 unspecified atom stereocenters. The molecule has 0 atom stereocenters. The van der Waals surface area contributed by atoms with Crippen molar-refractivity contribution >= 4 is 50.1 Å². The van der Waals surface area contributed by atoms with Gasteiger partial charge in [-0.2, -0.15) is 0 Å². The van der Waals surface area contributed by atoms with Crippen molar-refractivity contribution in [2.75, 3.05) is 65.8 Å². The number of fused-ring (bicyclic) bond motifs is 4. The first-order valence-electron chi connectivity index (χ1n) is 23.0. The van der Waals surface area contributed by atoms with E-state index >= 15 is 4.39 Å².